The zero-order valence-electron chi connectivity index (χ0n) is 23.5. The van der Waals surface area contributed by atoms with Gasteiger partial charge < -0.3 is 5.73 Å². The average Bonchev–Trinajstić information content (AvgIpc) is 3.54. The molecule has 0 fully saturated rings. The number of amidine groups is 1. The quantitative estimate of drug-likeness (QED) is 0.137. The van der Waals surface area contributed by atoms with Crippen LogP contribution in [0.15, 0.2) is 179 Å². The summed E-state index contributed by atoms with van der Waals surface area (Å²) in [6.45, 7) is 0. The molecule has 0 amide bonds. The number of hydrogen-bond donors (Lipinski definition) is 1. The van der Waals surface area contributed by atoms with E-state index in [1.54, 1.807) is 0 Å². The maximum Gasteiger partial charge on any atom is 0.146 e. The second kappa shape index (κ2) is 10.0. The van der Waals surface area contributed by atoms with Crippen molar-refractivity contribution in [1.82, 2.24) is 0 Å². The molecule has 0 unspecified atom stereocenters. The van der Waals surface area contributed by atoms with Crippen LogP contribution in [0.1, 0.15) is 33.4 Å². The van der Waals surface area contributed by atoms with Crippen molar-refractivity contribution in [1.29, 1.82) is 0 Å². The van der Waals surface area contributed by atoms with Crippen LogP contribution < -0.4 is 5.73 Å². The fraction of sp³-hybridized carbons (Fsp3) is 0.0250. The van der Waals surface area contributed by atoms with Crippen LogP contribution in [0.25, 0.3) is 11.1 Å². The molecule has 43 heavy (non-hydrogen) atoms. The minimum atomic E-state index is -0.432. The van der Waals surface area contributed by atoms with Gasteiger partial charge in [-0.2, -0.15) is 0 Å². The van der Waals surface area contributed by atoms with Crippen LogP contribution in [0.2, 0.25) is 0 Å². The highest BCUT2D eigenvalue weighted by molar-refractivity contribution is 5.98. The largest absolute Gasteiger partial charge is 0.383 e. The van der Waals surface area contributed by atoms with Crippen molar-refractivity contribution in [2.75, 3.05) is 0 Å². The Bertz CT molecular complexity index is 1980. The monoisotopic (exact) mass is 550 g/mol. The number of aliphatic imine (C=N–C) groups is 2. The third-order valence-corrected chi connectivity index (χ3v) is 8.69. The predicted octanol–water partition coefficient (Wildman–Crippen LogP) is 8.17. The van der Waals surface area contributed by atoms with E-state index in [2.05, 4.69) is 91.0 Å². The molecule has 0 heterocycles. The summed E-state index contributed by atoms with van der Waals surface area (Å²) in [5, 5.41) is 0. The number of rotatable bonds is 4. The molecule has 3 nitrogen and oxygen atoms in total. The van der Waals surface area contributed by atoms with Crippen molar-refractivity contribution in [2.45, 2.75) is 5.41 Å². The van der Waals surface area contributed by atoms with Crippen molar-refractivity contribution in [3.05, 3.63) is 208 Å². The van der Waals surface area contributed by atoms with Crippen LogP contribution in [-0.2, 0) is 5.41 Å². The van der Waals surface area contributed by atoms with Gasteiger partial charge in [0.1, 0.15) is 11.7 Å². The molecule has 5 aromatic rings. The van der Waals surface area contributed by atoms with E-state index in [-0.39, 0.29) is 0 Å². The van der Waals surface area contributed by atoms with Crippen molar-refractivity contribution < 1.29 is 0 Å². The van der Waals surface area contributed by atoms with E-state index >= 15 is 0 Å². The summed E-state index contributed by atoms with van der Waals surface area (Å²) in [6.07, 6.45) is 8.50. The first-order valence-corrected chi connectivity index (χ1v) is 14.5. The molecule has 0 bridgehead atoms. The molecule has 2 N–H and O–H groups in total. The Morgan fingerprint density at radius 3 is 1.93 bits per heavy atom. The summed E-state index contributed by atoms with van der Waals surface area (Å²) in [4.78, 5) is 9.86. The lowest BCUT2D eigenvalue weighted by molar-refractivity contribution is 0.779. The molecular formula is C40H28N3-. The number of fused-ring (bicyclic) bond motifs is 10. The Balaban J connectivity index is 1.39. The minimum Gasteiger partial charge on any atom is -0.383 e. The predicted molar refractivity (Wildman–Crippen MR) is 176 cm³/mol. The summed E-state index contributed by atoms with van der Waals surface area (Å²) in [6, 6.07) is 46.4. The Hall–Kier alpha value is -5.67. The van der Waals surface area contributed by atoms with Crippen LogP contribution in [0.3, 0.4) is 0 Å². The van der Waals surface area contributed by atoms with Crippen molar-refractivity contribution >= 4 is 12.1 Å². The number of nitrogens with zero attached hydrogens (tertiary/aromatic N) is 2. The Labute approximate surface area is 251 Å². The SMILES string of the molecule is N\C(=N/C(/N=C/c1ccccc1)=C1/C=C[C-]2C(=C1)C1(c3ccccc3-c3ccccc31)c1ccccc12)c1ccccc1. The van der Waals surface area contributed by atoms with Gasteiger partial charge in [0.25, 0.3) is 0 Å². The number of benzene rings is 5. The summed E-state index contributed by atoms with van der Waals surface area (Å²) in [5.74, 6) is 2.23. The highest BCUT2D eigenvalue weighted by atomic mass is 15.0. The van der Waals surface area contributed by atoms with E-state index in [1.807, 2.05) is 66.9 Å². The highest BCUT2D eigenvalue weighted by Gasteiger charge is 2.50. The molecule has 3 heteroatoms. The molecule has 204 valence electrons. The molecular weight excluding hydrogens is 522 g/mol. The second-order valence-electron chi connectivity index (χ2n) is 11.0. The van der Waals surface area contributed by atoms with Crippen LogP contribution in [0.5, 0.6) is 0 Å². The van der Waals surface area contributed by atoms with Gasteiger partial charge in [-0.1, -0.05) is 144 Å². The smallest absolute Gasteiger partial charge is 0.146 e. The molecule has 8 rings (SSSR count). The van der Waals surface area contributed by atoms with E-state index < -0.39 is 5.41 Å². The lowest BCUT2D eigenvalue weighted by Crippen LogP contribution is -2.27. The van der Waals surface area contributed by atoms with Gasteiger partial charge in [-0.05, 0) is 33.4 Å². The number of allylic oxidation sites excluding steroid dienone is 5. The zero-order chi connectivity index (χ0) is 28.8. The maximum atomic E-state index is 6.58. The fourth-order valence-electron chi connectivity index (χ4n) is 6.86. The lowest BCUT2D eigenvalue weighted by atomic mass is 9.68. The average molecular weight is 551 g/mol. The molecule has 0 aliphatic heterocycles. The molecule has 5 aromatic carbocycles. The minimum absolute atomic E-state index is 0.427. The normalized spacial score (nSPS) is 17.0. The molecule has 0 radical (unpaired) electrons. The molecule has 3 aliphatic rings. The first-order valence-electron chi connectivity index (χ1n) is 14.5. The molecule has 3 aliphatic carbocycles. The summed E-state index contributed by atoms with van der Waals surface area (Å²) >= 11 is 0. The third kappa shape index (κ3) is 3.86. The van der Waals surface area contributed by atoms with Gasteiger partial charge in [0.05, 0.1) is 0 Å². The molecule has 1 spiro atoms. The van der Waals surface area contributed by atoms with Gasteiger partial charge in [-0.25, -0.2) is 9.98 Å². The second-order valence-corrected chi connectivity index (χ2v) is 11.0. The fourth-order valence-corrected chi connectivity index (χ4v) is 6.86. The van der Waals surface area contributed by atoms with E-state index in [0.29, 0.717) is 11.7 Å². The topological polar surface area (TPSA) is 50.7 Å². The number of nitrogens with two attached hydrogens (primary N) is 1. The Kier molecular flexibility index (Phi) is 5.83. The van der Waals surface area contributed by atoms with E-state index in [0.717, 1.165) is 16.7 Å². The van der Waals surface area contributed by atoms with Gasteiger partial charge in [0.2, 0.25) is 0 Å². The molecule has 0 atom stereocenters. The Morgan fingerprint density at radius 1 is 0.651 bits per heavy atom. The van der Waals surface area contributed by atoms with E-state index in [9.17, 15) is 0 Å². The van der Waals surface area contributed by atoms with Gasteiger partial charge in [-0.15, -0.1) is 29.9 Å². The standard InChI is InChI=1S/C40H28N3/c41-38(28-15-5-2-6-16-28)43-39(42-26-27-13-3-1-4-14-27)29-23-24-33-32-19-9-12-22-36(32)40(37(33)25-29)34-20-10-7-17-30(34)31-18-8-11-21-35(31)40/h1-26H,(H2,41,43)/q-1/b39-29-,42-26+. The summed E-state index contributed by atoms with van der Waals surface area (Å²) < 4.78 is 0. The maximum absolute atomic E-state index is 6.58. The van der Waals surface area contributed by atoms with Crippen LogP contribution in [0, 0.1) is 5.92 Å². The summed E-state index contributed by atoms with van der Waals surface area (Å²) in [5.41, 5.74) is 17.9. The van der Waals surface area contributed by atoms with Crippen molar-refractivity contribution in [3.8, 4) is 11.1 Å². The first-order chi connectivity index (χ1) is 21.2. The van der Waals surface area contributed by atoms with E-state index in [4.69, 9.17) is 15.7 Å². The molecule has 0 saturated heterocycles. The number of hydrogen-bond acceptors (Lipinski definition) is 2. The summed E-state index contributed by atoms with van der Waals surface area (Å²) in [7, 11) is 0. The van der Waals surface area contributed by atoms with Crippen LogP contribution >= 0.6 is 0 Å². The first kappa shape index (κ1) is 25.1. The van der Waals surface area contributed by atoms with Crippen molar-refractivity contribution in [2.24, 2.45) is 15.7 Å². The zero-order valence-corrected chi connectivity index (χ0v) is 23.5. The van der Waals surface area contributed by atoms with Gasteiger partial charge in [0, 0.05) is 17.2 Å². The molecule has 0 aromatic heterocycles. The third-order valence-electron chi connectivity index (χ3n) is 8.69. The van der Waals surface area contributed by atoms with Crippen LogP contribution in [0.4, 0.5) is 0 Å². The van der Waals surface area contributed by atoms with Crippen molar-refractivity contribution in [3.63, 3.8) is 0 Å². The van der Waals surface area contributed by atoms with Crippen LogP contribution in [-0.4, -0.2) is 12.1 Å². The van der Waals surface area contributed by atoms with Gasteiger partial charge in [0.15, 0.2) is 0 Å². The van der Waals surface area contributed by atoms with Gasteiger partial charge >= 0.3 is 0 Å². The molecule has 0 saturated carbocycles. The van der Waals surface area contributed by atoms with E-state index in [1.165, 1.54) is 44.9 Å². The highest BCUT2D eigenvalue weighted by Crippen LogP contribution is 2.64. The Morgan fingerprint density at radius 2 is 1.23 bits per heavy atom. The van der Waals surface area contributed by atoms with Gasteiger partial charge in [-0.3, -0.25) is 0 Å². The lowest BCUT2D eigenvalue weighted by Gasteiger charge is -2.37.